The summed E-state index contributed by atoms with van der Waals surface area (Å²) in [7, 11) is 0. The molecule has 4 nitrogen and oxygen atoms in total. The molecular formula is C18H15ClN2O2. The SMILES string of the molecule is Cc1cccc(NC2=C(Cl)C(=O)N(Cc3ccccc3)C2=O)c1. The van der Waals surface area contributed by atoms with E-state index in [9.17, 15) is 9.59 Å². The van der Waals surface area contributed by atoms with Gasteiger partial charge in [0.25, 0.3) is 11.8 Å². The van der Waals surface area contributed by atoms with E-state index in [1.165, 1.54) is 0 Å². The van der Waals surface area contributed by atoms with Crippen LogP contribution in [0.2, 0.25) is 0 Å². The largest absolute Gasteiger partial charge is 0.350 e. The summed E-state index contributed by atoms with van der Waals surface area (Å²) in [6.45, 7) is 2.15. The predicted octanol–water partition coefficient (Wildman–Crippen LogP) is 3.43. The van der Waals surface area contributed by atoms with E-state index in [0.717, 1.165) is 21.7 Å². The molecule has 0 spiro atoms. The molecule has 5 heteroatoms. The van der Waals surface area contributed by atoms with Crippen molar-refractivity contribution in [1.29, 1.82) is 0 Å². The minimum atomic E-state index is -0.476. The Morgan fingerprint density at radius 1 is 1.00 bits per heavy atom. The van der Waals surface area contributed by atoms with Crippen molar-refractivity contribution in [3.05, 3.63) is 76.5 Å². The molecule has 0 aliphatic carbocycles. The van der Waals surface area contributed by atoms with Crippen LogP contribution in [0.4, 0.5) is 5.69 Å². The third kappa shape index (κ3) is 3.12. The van der Waals surface area contributed by atoms with Crippen LogP contribution in [0.5, 0.6) is 0 Å². The quantitative estimate of drug-likeness (QED) is 0.876. The lowest BCUT2D eigenvalue weighted by Gasteiger charge is -2.15. The first kappa shape index (κ1) is 15.3. The van der Waals surface area contributed by atoms with Gasteiger partial charge in [-0.25, -0.2) is 0 Å². The van der Waals surface area contributed by atoms with Crippen LogP contribution < -0.4 is 5.32 Å². The number of carbonyl (C=O) groups excluding carboxylic acids is 2. The molecule has 0 radical (unpaired) electrons. The summed E-state index contributed by atoms with van der Waals surface area (Å²) in [5, 5.41) is 2.89. The number of anilines is 1. The van der Waals surface area contributed by atoms with Crippen LogP contribution >= 0.6 is 11.6 Å². The monoisotopic (exact) mass is 326 g/mol. The fraction of sp³-hybridized carbons (Fsp3) is 0.111. The summed E-state index contributed by atoms with van der Waals surface area (Å²) in [6, 6.07) is 16.9. The second-order valence-corrected chi connectivity index (χ2v) is 5.74. The van der Waals surface area contributed by atoms with E-state index < -0.39 is 11.8 Å². The number of rotatable bonds is 4. The number of amides is 2. The zero-order valence-electron chi connectivity index (χ0n) is 12.5. The standard InChI is InChI=1S/C18H15ClN2O2/c1-12-6-5-9-14(10-12)20-16-15(19)17(22)21(18(16)23)11-13-7-3-2-4-8-13/h2-10,20H,11H2,1H3. The van der Waals surface area contributed by atoms with Gasteiger partial charge < -0.3 is 5.32 Å². The Morgan fingerprint density at radius 3 is 2.43 bits per heavy atom. The van der Waals surface area contributed by atoms with Gasteiger partial charge in [0.15, 0.2) is 0 Å². The number of halogens is 1. The molecule has 2 aromatic carbocycles. The first-order valence-corrected chi connectivity index (χ1v) is 7.57. The topological polar surface area (TPSA) is 49.4 Å². The fourth-order valence-corrected chi connectivity index (χ4v) is 2.66. The lowest BCUT2D eigenvalue weighted by molar-refractivity contribution is -0.138. The molecule has 0 fully saturated rings. The molecule has 0 bridgehead atoms. The highest BCUT2D eigenvalue weighted by Crippen LogP contribution is 2.27. The number of imide groups is 1. The Hall–Kier alpha value is -2.59. The summed E-state index contributed by atoms with van der Waals surface area (Å²) in [5.41, 5.74) is 2.76. The van der Waals surface area contributed by atoms with Gasteiger partial charge in [-0.15, -0.1) is 0 Å². The molecule has 0 saturated carbocycles. The van der Waals surface area contributed by atoms with Crippen molar-refractivity contribution in [2.45, 2.75) is 13.5 Å². The van der Waals surface area contributed by atoms with Gasteiger partial charge in [0.1, 0.15) is 10.7 Å². The van der Waals surface area contributed by atoms with Crippen LogP contribution in [0.25, 0.3) is 0 Å². The maximum Gasteiger partial charge on any atom is 0.279 e. The smallest absolute Gasteiger partial charge is 0.279 e. The molecular weight excluding hydrogens is 312 g/mol. The van der Waals surface area contributed by atoms with Crippen LogP contribution in [0.1, 0.15) is 11.1 Å². The van der Waals surface area contributed by atoms with Crippen LogP contribution in [0.15, 0.2) is 65.3 Å². The van der Waals surface area contributed by atoms with Gasteiger partial charge in [-0.2, -0.15) is 0 Å². The summed E-state index contributed by atoms with van der Waals surface area (Å²) in [4.78, 5) is 25.9. The zero-order chi connectivity index (χ0) is 16.4. The summed E-state index contributed by atoms with van der Waals surface area (Å²) >= 11 is 6.08. The molecule has 116 valence electrons. The van der Waals surface area contributed by atoms with Crippen molar-refractivity contribution in [1.82, 2.24) is 4.90 Å². The average Bonchev–Trinajstić information content (AvgIpc) is 2.74. The van der Waals surface area contributed by atoms with Gasteiger partial charge in [-0.3, -0.25) is 14.5 Å². The van der Waals surface area contributed by atoms with Crippen molar-refractivity contribution >= 4 is 29.1 Å². The molecule has 3 rings (SSSR count). The molecule has 1 aliphatic heterocycles. The van der Waals surface area contributed by atoms with Gasteiger partial charge >= 0.3 is 0 Å². The van der Waals surface area contributed by atoms with Crippen molar-refractivity contribution < 1.29 is 9.59 Å². The Bertz CT molecular complexity index is 800. The van der Waals surface area contributed by atoms with Crippen molar-refractivity contribution in [2.75, 3.05) is 5.32 Å². The average molecular weight is 327 g/mol. The minimum Gasteiger partial charge on any atom is -0.350 e. The van der Waals surface area contributed by atoms with E-state index in [0.29, 0.717) is 0 Å². The van der Waals surface area contributed by atoms with Crippen molar-refractivity contribution in [2.24, 2.45) is 0 Å². The molecule has 1 N–H and O–H groups in total. The third-order valence-corrected chi connectivity index (χ3v) is 3.93. The van der Waals surface area contributed by atoms with Crippen LogP contribution in [-0.2, 0) is 16.1 Å². The van der Waals surface area contributed by atoms with E-state index >= 15 is 0 Å². The number of nitrogens with one attached hydrogen (secondary N) is 1. The van der Waals surface area contributed by atoms with E-state index in [1.807, 2.05) is 61.5 Å². The molecule has 0 saturated heterocycles. The van der Waals surface area contributed by atoms with E-state index in [4.69, 9.17) is 11.6 Å². The predicted molar refractivity (Wildman–Crippen MR) is 89.7 cm³/mol. The maximum absolute atomic E-state index is 12.5. The van der Waals surface area contributed by atoms with Gasteiger partial charge in [-0.1, -0.05) is 54.1 Å². The lowest BCUT2D eigenvalue weighted by Crippen LogP contribution is -2.31. The van der Waals surface area contributed by atoms with Crippen LogP contribution in [0.3, 0.4) is 0 Å². The molecule has 0 unspecified atom stereocenters. The fourth-order valence-electron chi connectivity index (χ4n) is 2.43. The first-order valence-electron chi connectivity index (χ1n) is 7.20. The Balaban J connectivity index is 1.82. The first-order chi connectivity index (χ1) is 11.1. The van der Waals surface area contributed by atoms with Gasteiger partial charge in [0, 0.05) is 5.69 Å². The number of nitrogens with zero attached hydrogens (tertiary/aromatic N) is 1. The summed E-state index contributed by atoms with van der Waals surface area (Å²) in [5.74, 6) is -0.888. The zero-order valence-corrected chi connectivity index (χ0v) is 13.3. The highest BCUT2D eigenvalue weighted by atomic mass is 35.5. The molecule has 2 amide bonds. The number of aryl methyl sites for hydroxylation is 1. The Kier molecular flexibility index (Phi) is 4.17. The van der Waals surface area contributed by atoms with Crippen LogP contribution in [-0.4, -0.2) is 16.7 Å². The van der Waals surface area contributed by atoms with E-state index in [2.05, 4.69) is 5.32 Å². The number of carbonyl (C=O) groups is 2. The molecule has 1 aliphatic rings. The Morgan fingerprint density at radius 2 is 1.74 bits per heavy atom. The molecule has 0 aromatic heterocycles. The highest BCUT2D eigenvalue weighted by molar-refractivity contribution is 6.48. The van der Waals surface area contributed by atoms with Gasteiger partial charge in [-0.05, 0) is 30.2 Å². The minimum absolute atomic E-state index is 0.0764. The normalized spacial score (nSPS) is 14.6. The molecule has 2 aromatic rings. The van der Waals surface area contributed by atoms with Gasteiger partial charge in [0.2, 0.25) is 0 Å². The second kappa shape index (κ2) is 6.26. The highest BCUT2D eigenvalue weighted by Gasteiger charge is 2.37. The van der Waals surface area contributed by atoms with Crippen molar-refractivity contribution in [3.63, 3.8) is 0 Å². The molecule has 1 heterocycles. The van der Waals surface area contributed by atoms with E-state index in [1.54, 1.807) is 0 Å². The maximum atomic E-state index is 12.5. The van der Waals surface area contributed by atoms with Gasteiger partial charge in [0.05, 0.1) is 6.54 Å². The number of hydrogen-bond acceptors (Lipinski definition) is 3. The third-order valence-electron chi connectivity index (χ3n) is 3.58. The lowest BCUT2D eigenvalue weighted by atomic mass is 10.2. The molecule has 23 heavy (non-hydrogen) atoms. The second-order valence-electron chi connectivity index (χ2n) is 5.37. The van der Waals surface area contributed by atoms with E-state index in [-0.39, 0.29) is 17.3 Å². The number of benzene rings is 2. The number of hydrogen-bond donors (Lipinski definition) is 1. The van der Waals surface area contributed by atoms with Crippen molar-refractivity contribution in [3.8, 4) is 0 Å². The molecule has 0 atom stereocenters. The Labute approximate surface area is 139 Å². The summed E-state index contributed by atoms with van der Waals surface area (Å²) < 4.78 is 0. The summed E-state index contributed by atoms with van der Waals surface area (Å²) in [6.07, 6.45) is 0. The van der Waals surface area contributed by atoms with Crippen LogP contribution in [0, 0.1) is 6.92 Å².